The van der Waals surface area contributed by atoms with E-state index in [1.165, 1.54) is 24.6 Å². The molecular weight excluding hydrogens is 398 g/mol. The zero-order valence-corrected chi connectivity index (χ0v) is 17.1. The van der Waals surface area contributed by atoms with Crippen LogP contribution in [0.4, 0.5) is 10.8 Å². The molecule has 3 aromatic rings. The van der Waals surface area contributed by atoms with Crippen LogP contribution >= 0.6 is 11.3 Å². The van der Waals surface area contributed by atoms with Crippen molar-refractivity contribution in [2.24, 2.45) is 0 Å². The number of sulfonamides is 1. The maximum atomic E-state index is 12.5. The molecule has 3 rings (SSSR count). The molecular formula is C19H19N3O4S2. The van der Waals surface area contributed by atoms with E-state index in [0.717, 1.165) is 22.5 Å². The number of nitrogens with zero attached hydrogens (tertiary/aromatic N) is 1. The van der Waals surface area contributed by atoms with Gasteiger partial charge in [-0.15, -0.1) is 11.3 Å². The lowest BCUT2D eigenvalue weighted by molar-refractivity contribution is 0.102. The van der Waals surface area contributed by atoms with Crippen LogP contribution in [-0.4, -0.2) is 26.4 Å². The fourth-order valence-electron chi connectivity index (χ4n) is 2.41. The van der Waals surface area contributed by atoms with Crippen molar-refractivity contribution < 1.29 is 17.9 Å². The molecule has 0 radical (unpaired) electrons. The first-order valence-corrected chi connectivity index (χ1v) is 10.7. The van der Waals surface area contributed by atoms with Gasteiger partial charge in [0.1, 0.15) is 11.4 Å². The van der Waals surface area contributed by atoms with Crippen molar-refractivity contribution in [3.8, 4) is 5.75 Å². The maximum Gasteiger partial charge on any atom is 0.275 e. The van der Waals surface area contributed by atoms with E-state index in [9.17, 15) is 13.2 Å². The number of nitrogens with one attached hydrogen (secondary N) is 2. The van der Waals surface area contributed by atoms with Gasteiger partial charge in [-0.1, -0.05) is 12.1 Å². The Bertz CT molecular complexity index is 1110. The van der Waals surface area contributed by atoms with Gasteiger partial charge in [0.25, 0.3) is 15.9 Å². The highest BCUT2D eigenvalue weighted by atomic mass is 32.2. The third kappa shape index (κ3) is 4.49. The van der Waals surface area contributed by atoms with Crippen molar-refractivity contribution in [3.63, 3.8) is 0 Å². The Morgan fingerprint density at radius 1 is 1.11 bits per heavy atom. The van der Waals surface area contributed by atoms with E-state index >= 15 is 0 Å². The second kappa shape index (κ2) is 7.99. The lowest BCUT2D eigenvalue weighted by atomic mass is 10.1. The molecule has 0 atom stereocenters. The third-order valence-electron chi connectivity index (χ3n) is 3.97. The summed E-state index contributed by atoms with van der Waals surface area (Å²) in [6, 6.07) is 11.7. The quantitative estimate of drug-likeness (QED) is 0.635. The monoisotopic (exact) mass is 417 g/mol. The minimum Gasteiger partial charge on any atom is -0.497 e. The Morgan fingerprint density at radius 3 is 2.50 bits per heavy atom. The first-order valence-electron chi connectivity index (χ1n) is 8.29. The number of methoxy groups -OCH3 is 1. The third-order valence-corrected chi connectivity index (χ3v) is 6.21. The molecule has 0 aliphatic carbocycles. The van der Waals surface area contributed by atoms with Crippen LogP contribution in [-0.2, 0) is 10.0 Å². The second-order valence-electron chi connectivity index (χ2n) is 6.09. The van der Waals surface area contributed by atoms with E-state index in [0.29, 0.717) is 11.4 Å². The van der Waals surface area contributed by atoms with Crippen LogP contribution in [0, 0.1) is 13.8 Å². The smallest absolute Gasteiger partial charge is 0.275 e. The minimum absolute atomic E-state index is 0.0740. The van der Waals surface area contributed by atoms with E-state index in [4.69, 9.17) is 4.74 Å². The van der Waals surface area contributed by atoms with Crippen molar-refractivity contribution in [1.29, 1.82) is 0 Å². The zero-order chi connectivity index (χ0) is 20.3. The molecule has 2 aromatic carbocycles. The molecule has 0 bridgehead atoms. The lowest BCUT2D eigenvalue weighted by Gasteiger charge is -2.08. The van der Waals surface area contributed by atoms with Gasteiger partial charge in [0.15, 0.2) is 5.13 Å². The highest BCUT2D eigenvalue weighted by Gasteiger charge is 2.18. The van der Waals surface area contributed by atoms with E-state index < -0.39 is 15.9 Å². The number of carbonyl (C=O) groups excluding carboxylic acids is 1. The number of aryl methyl sites for hydroxylation is 2. The number of hydrogen-bond acceptors (Lipinski definition) is 6. The molecule has 1 amide bonds. The summed E-state index contributed by atoms with van der Waals surface area (Å²) < 4.78 is 32.4. The number of anilines is 2. The number of amides is 1. The molecule has 0 unspecified atom stereocenters. The van der Waals surface area contributed by atoms with Crippen molar-refractivity contribution >= 4 is 38.1 Å². The molecule has 2 N–H and O–H groups in total. The van der Waals surface area contributed by atoms with Gasteiger partial charge >= 0.3 is 0 Å². The summed E-state index contributed by atoms with van der Waals surface area (Å²) in [6.07, 6.45) is 0. The number of carbonyl (C=O) groups is 1. The van der Waals surface area contributed by atoms with E-state index in [1.807, 2.05) is 32.0 Å². The summed E-state index contributed by atoms with van der Waals surface area (Å²) in [7, 11) is -2.31. The van der Waals surface area contributed by atoms with Crippen molar-refractivity contribution in [3.05, 3.63) is 64.7 Å². The minimum atomic E-state index is -3.81. The maximum absolute atomic E-state index is 12.5. The van der Waals surface area contributed by atoms with Gasteiger partial charge in [0, 0.05) is 11.1 Å². The average Bonchev–Trinajstić information content (AvgIpc) is 3.12. The van der Waals surface area contributed by atoms with Gasteiger partial charge in [0.2, 0.25) is 0 Å². The summed E-state index contributed by atoms with van der Waals surface area (Å²) in [5.41, 5.74) is 2.78. The number of thiazole rings is 1. The van der Waals surface area contributed by atoms with Gasteiger partial charge in [-0.05, 0) is 55.3 Å². The molecule has 0 aliphatic rings. The van der Waals surface area contributed by atoms with Gasteiger partial charge in [-0.3, -0.25) is 9.52 Å². The summed E-state index contributed by atoms with van der Waals surface area (Å²) in [4.78, 5) is 16.6. The fourth-order valence-corrected chi connectivity index (χ4v) is 4.35. The van der Waals surface area contributed by atoms with Crippen molar-refractivity contribution in [2.45, 2.75) is 18.7 Å². The van der Waals surface area contributed by atoms with Gasteiger partial charge in [-0.25, -0.2) is 13.4 Å². The predicted octanol–water partition coefficient (Wildman–Crippen LogP) is 3.82. The lowest BCUT2D eigenvalue weighted by Crippen LogP contribution is -2.15. The molecule has 0 spiro atoms. The topological polar surface area (TPSA) is 97.4 Å². The molecule has 1 heterocycles. The van der Waals surface area contributed by atoms with E-state index in [2.05, 4.69) is 15.0 Å². The first kappa shape index (κ1) is 19.8. The van der Waals surface area contributed by atoms with E-state index in [-0.39, 0.29) is 15.7 Å². The normalized spacial score (nSPS) is 11.1. The largest absolute Gasteiger partial charge is 0.497 e. The van der Waals surface area contributed by atoms with Gasteiger partial charge < -0.3 is 10.1 Å². The second-order valence-corrected chi connectivity index (χ2v) is 8.63. The van der Waals surface area contributed by atoms with Gasteiger partial charge in [0.05, 0.1) is 12.0 Å². The summed E-state index contributed by atoms with van der Waals surface area (Å²) >= 11 is 1.04. The summed E-state index contributed by atoms with van der Waals surface area (Å²) in [6.45, 7) is 3.83. The fraction of sp³-hybridized carbons (Fsp3) is 0.158. The molecule has 0 saturated carbocycles. The molecule has 0 aliphatic heterocycles. The SMILES string of the molecule is COc1ccc(S(=O)(=O)Nc2nc(C(=O)Nc3cc(C)ccc3C)cs2)cc1. The number of ether oxygens (including phenoxy) is 1. The van der Waals surface area contributed by atoms with Crippen molar-refractivity contribution in [2.75, 3.05) is 17.1 Å². The summed E-state index contributed by atoms with van der Waals surface area (Å²) in [5, 5.41) is 4.42. The first-order chi connectivity index (χ1) is 13.3. The van der Waals surface area contributed by atoms with Crippen LogP contribution in [0.25, 0.3) is 0 Å². The molecule has 28 heavy (non-hydrogen) atoms. The average molecular weight is 418 g/mol. The van der Waals surface area contributed by atoms with E-state index in [1.54, 1.807) is 12.1 Å². The number of benzene rings is 2. The molecule has 146 valence electrons. The Morgan fingerprint density at radius 2 is 1.82 bits per heavy atom. The Hall–Kier alpha value is -2.91. The van der Waals surface area contributed by atoms with Crippen LogP contribution in [0.5, 0.6) is 5.75 Å². The molecule has 0 saturated heterocycles. The molecule has 0 fully saturated rings. The Balaban J connectivity index is 1.74. The van der Waals surface area contributed by atoms with Crippen molar-refractivity contribution in [1.82, 2.24) is 4.98 Å². The van der Waals surface area contributed by atoms with Crippen LogP contribution in [0.2, 0.25) is 0 Å². The number of hydrogen-bond donors (Lipinski definition) is 2. The number of aromatic nitrogens is 1. The van der Waals surface area contributed by atoms with Crippen LogP contribution in [0.3, 0.4) is 0 Å². The zero-order valence-electron chi connectivity index (χ0n) is 15.5. The van der Waals surface area contributed by atoms with Crippen LogP contribution in [0.1, 0.15) is 21.6 Å². The Labute approximate surface area is 167 Å². The molecule has 9 heteroatoms. The van der Waals surface area contributed by atoms with Crippen LogP contribution in [0.15, 0.2) is 52.7 Å². The molecule has 1 aromatic heterocycles. The number of rotatable bonds is 6. The summed E-state index contributed by atoms with van der Waals surface area (Å²) in [5.74, 6) is 0.151. The highest BCUT2D eigenvalue weighted by Crippen LogP contribution is 2.23. The molecule has 7 nitrogen and oxygen atoms in total. The standard InChI is InChI=1S/C19H19N3O4S2/c1-12-4-5-13(2)16(10-12)20-18(23)17-11-27-19(21-17)22-28(24,25)15-8-6-14(26-3)7-9-15/h4-11H,1-3H3,(H,20,23)(H,21,22). The highest BCUT2D eigenvalue weighted by molar-refractivity contribution is 7.93. The predicted molar refractivity (Wildman–Crippen MR) is 110 cm³/mol. The Kier molecular flexibility index (Phi) is 5.66. The van der Waals surface area contributed by atoms with Gasteiger partial charge in [-0.2, -0.15) is 0 Å². The van der Waals surface area contributed by atoms with Crippen LogP contribution < -0.4 is 14.8 Å².